The summed E-state index contributed by atoms with van der Waals surface area (Å²) < 4.78 is 29.9. The molecule has 0 radical (unpaired) electrons. The highest BCUT2D eigenvalue weighted by Crippen LogP contribution is 2.25. The fraction of sp³-hybridized carbons (Fsp3) is 0.533. The van der Waals surface area contributed by atoms with Gasteiger partial charge in [-0.2, -0.15) is 0 Å². The molecule has 1 rings (SSSR count). The molecule has 2 N–H and O–H groups in total. The maximum Gasteiger partial charge on any atom is 0.193 e. The minimum atomic E-state index is -3.58. The van der Waals surface area contributed by atoms with E-state index in [1.807, 2.05) is 6.92 Å². The molecule has 21 heavy (non-hydrogen) atoms. The van der Waals surface area contributed by atoms with Crippen LogP contribution in [0.25, 0.3) is 0 Å². The van der Waals surface area contributed by atoms with E-state index < -0.39 is 15.2 Å². The van der Waals surface area contributed by atoms with Gasteiger partial charge in [0.1, 0.15) is 16.9 Å². The maximum absolute atomic E-state index is 12.4. The first-order chi connectivity index (χ1) is 9.86. The summed E-state index contributed by atoms with van der Waals surface area (Å²) in [6.45, 7) is 3.65. The number of carbonyl (C=O) groups is 1. The van der Waals surface area contributed by atoms with Crippen LogP contribution in [-0.2, 0) is 21.1 Å². The molecule has 0 aliphatic rings. The second kappa shape index (κ2) is 7.56. The standard InChI is InChI=1S/C15H23NO4S/c1-4-6-15(16)21(18,19)13-7-8-14(20-3)11(10-13)9-12(17)5-2/h7-8,10,15H,4-6,9,16H2,1-3H3. The number of ether oxygens (including phenoxy) is 1. The predicted molar refractivity (Wildman–Crippen MR) is 82.1 cm³/mol. The number of Topliss-reactive ketones (excluding diaryl/α,β-unsaturated/α-hetero) is 1. The Kier molecular flexibility index (Phi) is 6.36. The summed E-state index contributed by atoms with van der Waals surface area (Å²) in [5.41, 5.74) is 6.33. The van der Waals surface area contributed by atoms with Gasteiger partial charge in [-0.25, -0.2) is 8.42 Å². The molecule has 118 valence electrons. The normalized spacial score (nSPS) is 13.0. The SMILES string of the molecule is CCCC(N)S(=O)(=O)c1ccc(OC)c(CC(=O)CC)c1. The number of carbonyl (C=O) groups excluding carboxylic acids is 1. The highest BCUT2D eigenvalue weighted by atomic mass is 32.2. The van der Waals surface area contributed by atoms with Gasteiger partial charge in [0.15, 0.2) is 9.84 Å². The van der Waals surface area contributed by atoms with Crippen LogP contribution in [0.15, 0.2) is 23.1 Å². The number of sulfone groups is 1. The third kappa shape index (κ3) is 4.28. The van der Waals surface area contributed by atoms with E-state index in [1.54, 1.807) is 13.0 Å². The monoisotopic (exact) mass is 313 g/mol. The summed E-state index contributed by atoms with van der Waals surface area (Å²) in [6, 6.07) is 4.55. The number of methoxy groups -OCH3 is 1. The number of hydrogen-bond donors (Lipinski definition) is 1. The van der Waals surface area contributed by atoms with Crippen LogP contribution in [0.2, 0.25) is 0 Å². The quantitative estimate of drug-likeness (QED) is 0.794. The van der Waals surface area contributed by atoms with Gasteiger partial charge in [0, 0.05) is 18.4 Å². The van der Waals surface area contributed by atoms with E-state index in [2.05, 4.69) is 0 Å². The molecule has 0 aromatic heterocycles. The lowest BCUT2D eigenvalue weighted by atomic mass is 10.1. The Morgan fingerprint density at radius 2 is 2.00 bits per heavy atom. The van der Waals surface area contributed by atoms with Gasteiger partial charge in [-0.15, -0.1) is 0 Å². The van der Waals surface area contributed by atoms with Gasteiger partial charge < -0.3 is 10.5 Å². The van der Waals surface area contributed by atoms with Crippen LogP contribution < -0.4 is 10.5 Å². The largest absolute Gasteiger partial charge is 0.496 e. The van der Waals surface area contributed by atoms with Crippen molar-refractivity contribution in [2.75, 3.05) is 7.11 Å². The molecule has 0 bridgehead atoms. The molecule has 1 aromatic carbocycles. The summed E-state index contributed by atoms with van der Waals surface area (Å²) in [4.78, 5) is 11.8. The van der Waals surface area contributed by atoms with Crippen molar-refractivity contribution in [1.29, 1.82) is 0 Å². The maximum atomic E-state index is 12.4. The Hall–Kier alpha value is -1.40. The van der Waals surface area contributed by atoms with E-state index in [0.717, 1.165) is 0 Å². The van der Waals surface area contributed by atoms with Gasteiger partial charge in [-0.05, 0) is 24.6 Å². The molecule has 1 aromatic rings. The Labute approximate surface area is 126 Å². The van der Waals surface area contributed by atoms with Gasteiger partial charge in [-0.1, -0.05) is 20.3 Å². The van der Waals surface area contributed by atoms with Gasteiger partial charge in [0.25, 0.3) is 0 Å². The molecule has 1 unspecified atom stereocenters. The Morgan fingerprint density at radius 3 is 2.52 bits per heavy atom. The van der Waals surface area contributed by atoms with Crippen molar-refractivity contribution in [2.45, 2.75) is 49.8 Å². The van der Waals surface area contributed by atoms with Gasteiger partial charge in [-0.3, -0.25) is 4.79 Å². The van der Waals surface area contributed by atoms with Crippen LogP contribution >= 0.6 is 0 Å². The second-order valence-electron chi connectivity index (χ2n) is 4.91. The number of rotatable bonds is 8. The van der Waals surface area contributed by atoms with Crippen LogP contribution in [-0.4, -0.2) is 26.7 Å². The predicted octanol–water partition coefficient (Wildman–Crippen LogP) is 2.08. The van der Waals surface area contributed by atoms with Crippen molar-refractivity contribution in [3.63, 3.8) is 0 Å². The Bertz CT molecular complexity index is 596. The first-order valence-electron chi connectivity index (χ1n) is 7.04. The minimum absolute atomic E-state index is 0.0284. The van der Waals surface area contributed by atoms with Crippen LogP contribution in [0.1, 0.15) is 38.7 Å². The average Bonchev–Trinajstić information content (AvgIpc) is 2.47. The second-order valence-corrected chi connectivity index (χ2v) is 7.08. The fourth-order valence-electron chi connectivity index (χ4n) is 2.02. The zero-order chi connectivity index (χ0) is 16.0. The van der Waals surface area contributed by atoms with Crippen LogP contribution in [0.5, 0.6) is 5.75 Å². The summed E-state index contributed by atoms with van der Waals surface area (Å²) in [5.74, 6) is 0.542. The van der Waals surface area contributed by atoms with Crippen molar-refractivity contribution in [2.24, 2.45) is 5.73 Å². The summed E-state index contributed by atoms with van der Waals surface area (Å²) in [5, 5.41) is -0.925. The van der Waals surface area contributed by atoms with Crippen molar-refractivity contribution < 1.29 is 17.9 Å². The van der Waals surface area contributed by atoms with Gasteiger partial charge in [0.05, 0.1) is 12.0 Å². The van der Waals surface area contributed by atoms with E-state index in [4.69, 9.17) is 10.5 Å². The van der Waals surface area contributed by atoms with E-state index >= 15 is 0 Å². The third-order valence-electron chi connectivity index (χ3n) is 3.33. The molecule has 0 aliphatic heterocycles. The topological polar surface area (TPSA) is 86.5 Å². The summed E-state index contributed by atoms with van der Waals surface area (Å²) in [6.07, 6.45) is 1.65. The smallest absolute Gasteiger partial charge is 0.193 e. The number of ketones is 1. The van der Waals surface area contributed by atoms with Gasteiger partial charge in [0.2, 0.25) is 0 Å². The molecule has 0 fully saturated rings. The van der Waals surface area contributed by atoms with E-state index in [0.29, 0.717) is 30.6 Å². The van der Waals surface area contributed by atoms with Crippen molar-refractivity contribution in [3.05, 3.63) is 23.8 Å². The van der Waals surface area contributed by atoms with Crippen LogP contribution in [0.3, 0.4) is 0 Å². The molecular weight excluding hydrogens is 290 g/mol. The first kappa shape index (κ1) is 17.7. The number of hydrogen-bond acceptors (Lipinski definition) is 5. The number of benzene rings is 1. The number of nitrogens with two attached hydrogens (primary N) is 1. The molecule has 0 saturated heterocycles. The molecule has 1 atom stereocenters. The fourth-order valence-corrected chi connectivity index (χ4v) is 3.48. The van der Waals surface area contributed by atoms with Crippen molar-refractivity contribution in [1.82, 2.24) is 0 Å². The van der Waals surface area contributed by atoms with E-state index in [1.165, 1.54) is 19.2 Å². The van der Waals surface area contributed by atoms with E-state index in [-0.39, 0.29) is 17.1 Å². The van der Waals surface area contributed by atoms with Crippen LogP contribution in [0.4, 0.5) is 0 Å². The summed E-state index contributed by atoms with van der Waals surface area (Å²) >= 11 is 0. The zero-order valence-corrected chi connectivity index (χ0v) is 13.6. The molecule has 0 aliphatic carbocycles. The zero-order valence-electron chi connectivity index (χ0n) is 12.8. The van der Waals surface area contributed by atoms with E-state index in [9.17, 15) is 13.2 Å². The molecule has 6 heteroatoms. The lowest BCUT2D eigenvalue weighted by Crippen LogP contribution is -2.30. The first-order valence-corrected chi connectivity index (χ1v) is 8.59. The highest BCUT2D eigenvalue weighted by Gasteiger charge is 2.24. The molecular formula is C15H23NO4S. The lowest BCUT2D eigenvalue weighted by molar-refractivity contribution is -0.118. The average molecular weight is 313 g/mol. The highest BCUT2D eigenvalue weighted by molar-refractivity contribution is 7.92. The third-order valence-corrected chi connectivity index (χ3v) is 5.28. The Morgan fingerprint density at radius 1 is 1.33 bits per heavy atom. The minimum Gasteiger partial charge on any atom is -0.496 e. The molecule has 0 heterocycles. The molecule has 0 saturated carbocycles. The van der Waals surface area contributed by atoms with Crippen molar-refractivity contribution >= 4 is 15.6 Å². The van der Waals surface area contributed by atoms with Gasteiger partial charge >= 0.3 is 0 Å². The summed E-state index contributed by atoms with van der Waals surface area (Å²) in [7, 11) is -2.09. The van der Waals surface area contributed by atoms with Crippen LogP contribution in [0, 0.1) is 0 Å². The molecule has 0 amide bonds. The van der Waals surface area contributed by atoms with Crippen molar-refractivity contribution in [3.8, 4) is 5.75 Å². The Balaban J connectivity index is 3.21. The molecule has 5 nitrogen and oxygen atoms in total. The lowest BCUT2D eigenvalue weighted by Gasteiger charge is -2.14. The molecule has 0 spiro atoms.